The van der Waals surface area contributed by atoms with E-state index in [1.54, 1.807) is 24.3 Å². The second-order valence-electron chi connectivity index (χ2n) is 10.3. The Labute approximate surface area is 216 Å². The number of pyridine rings is 1. The lowest BCUT2D eigenvalue weighted by atomic mass is 9.94. The van der Waals surface area contributed by atoms with Crippen molar-refractivity contribution in [3.8, 4) is 0 Å². The first-order valence-electron chi connectivity index (χ1n) is 12.9. The molecule has 198 valence electrons. The van der Waals surface area contributed by atoms with Gasteiger partial charge in [0.15, 0.2) is 16.6 Å². The van der Waals surface area contributed by atoms with Crippen molar-refractivity contribution in [2.24, 2.45) is 11.3 Å². The van der Waals surface area contributed by atoms with Gasteiger partial charge in [0.2, 0.25) is 5.91 Å². The predicted molar refractivity (Wildman–Crippen MR) is 133 cm³/mol. The third-order valence-corrected chi connectivity index (χ3v) is 9.71. The SMILES string of the molecule is O=C(NC(CC1CCCC1)C(=O)NC1CC12CCCN(S(=O)(=O)c1ccccn1)CC2=O)c1ccco1. The van der Waals surface area contributed by atoms with Gasteiger partial charge in [0.1, 0.15) is 6.04 Å². The average molecular weight is 529 g/mol. The molecule has 3 unspecified atom stereocenters. The van der Waals surface area contributed by atoms with Gasteiger partial charge < -0.3 is 15.1 Å². The molecule has 0 bridgehead atoms. The number of aromatic nitrogens is 1. The third kappa shape index (κ3) is 5.33. The molecule has 1 saturated heterocycles. The van der Waals surface area contributed by atoms with E-state index in [0.717, 1.165) is 25.7 Å². The zero-order valence-corrected chi connectivity index (χ0v) is 21.4. The molecule has 2 saturated carbocycles. The Kier molecular flexibility index (Phi) is 7.17. The van der Waals surface area contributed by atoms with Crippen LogP contribution in [0.15, 0.2) is 52.2 Å². The van der Waals surface area contributed by atoms with Gasteiger partial charge in [-0.15, -0.1) is 0 Å². The highest BCUT2D eigenvalue weighted by atomic mass is 32.2. The van der Waals surface area contributed by atoms with E-state index >= 15 is 0 Å². The van der Waals surface area contributed by atoms with Crippen LogP contribution >= 0.6 is 0 Å². The number of ketones is 1. The molecule has 5 rings (SSSR count). The molecule has 1 aliphatic heterocycles. The van der Waals surface area contributed by atoms with Crippen LogP contribution in [0.25, 0.3) is 0 Å². The first-order valence-corrected chi connectivity index (χ1v) is 14.3. The topological polar surface area (TPSA) is 139 Å². The highest BCUT2D eigenvalue weighted by molar-refractivity contribution is 7.89. The summed E-state index contributed by atoms with van der Waals surface area (Å²) in [7, 11) is -3.89. The smallest absolute Gasteiger partial charge is 0.287 e. The van der Waals surface area contributed by atoms with Gasteiger partial charge in [-0.25, -0.2) is 13.4 Å². The summed E-state index contributed by atoms with van der Waals surface area (Å²) < 4.78 is 32.4. The van der Waals surface area contributed by atoms with Crippen LogP contribution in [0, 0.1) is 11.3 Å². The van der Waals surface area contributed by atoms with Gasteiger partial charge in [0, 0.05) is 18.8 Å². The fourth-order valence-electron chi connectivity index (χ4n) is 5.74. The Balaban J connectivity index is 1.25. The van der Waals surface area contributed by atoms with Gasteiger partial charge in [-0.2, -0.15) is 4.31 Å². The molecule has 3 heterocycles. The van der Waals surface area contributed by atoms with Crippen molar-refractivity contribution >= 4 is 27.6 Å². The van der Waals surface area contributed by atoms with Gasteiger partial charge >= 0.3 is 0 Å². The average Bonchev–Trinajstić information content (AvgIpc) is 3.25. The van der Waals surface area contributed by atoms with Crippen LogP contribution in [0.4, 0.5) is 0 Å². The number of Topliss-reactive ketones (excluding diaryl/α,β-unsaturated/α-hetero) is 1. The van der Waals surface area contributed by atoms with Crippen LogP contribution in [0.1, 0.15) is 61.9 Å². The number of furan rings is 1. The van der Waals surface area contributed by atoms with Gasteiger partial charge in [0.25, 0.3) is 15.9 Å². The molecular formula is C26H32N4O6S. The molecule has 2 N–H and O–H groups in total. The van der Waals surface area contributed by atoms with Crippen molar-refractivity contribution in [3.05, 3.63) is 48.6 Å². The Bertz CT molecular complexity index is 1240. The Morgan fingerprint density at radius 3 is 2.68 bits per heavy atom. The van der Waals surface area contributed by atoms with Crippen molar-refractivity contribution in [2.45, 2.75) is 68.5 Å². The van der Waals surface area contributed by atoms with Gasteiger partial charge in [-0.05, 0) is 55.9 Å². The van der Waals surface area contributed by atoms with Crippen molar-refractivity contribution < 1.29 is 27.2 Å². The number of rotatable bonds is 8. The highest BCUT2D eigenvalue weighted by Crippen LogP contribution is 2.52. The monoisotopic (exact) mass is 528 g/mol. The van der Waals surface area contributed by atoms with Crippen molar-refractivity contribution in [1.82, 2.24) is 19.9 Å². The molecule has 2 aromatic heterocycles. The second kappa shape index (κ2) is 10.4. The van der Waals surface area contributed by atoms with Crippen LogP contribution in [-0.2, 0) is 19.6 Å². The molecule has 3 aliphatic rings. The maximum absolute atomic E-state index is 13.3. The number of nitrogens with zero attached hydrogens (tertiary/aromatic N) is 2. The lowest BCUT2D eigenvalue weighted by Crippen LogP contribution is -2.49. The number of carbonyl (C=O) groups excluding carboxylic acids is 3. The Morgan fingerprint density at radius 1 is 1.16 bits per heavy atom. The maximum atomic E-state index is 13.3. The first-order chi connectivity index (χ1) is 17.8. The number of nitrogens with one attached hydrogen (secondary N) is 2. The Hall–Kier alpha value is -3.05. The van der Waals surface area contributed by atoms with Gasteiger partial charge in [0.05, 0.1) is 18.2 Å². The van der Waals surface area contributed by atoms with E-state index in [2.05, 4.69) is 15.6 Å². The minimum absolute atomic E-state index is 0.0820. The zero-order chi connectivity index (χ0) is 26.0. The normalized spacial score (nSPS) is 25.5. The summed E-state index contributed by atoms with van der Waals surface area (Å²) in [6.07, 6.45) is 9.09. The fraction of sp³-hybridized carbons (Fsp3) is 0.538. The van der Waals surface area contributed by atoms with E-state index in [0.29, 0.717) is 31.6 Å². The fourth-order valence-corrected chi connectivity index (χ4v) is 7.11. The molecule has 0 radical (unpaired) electrons. The molecule has 2 aromatic rings. The quantitative estimate of drug-likeness (QED) is 0.536. The standard InChI is InChI=1S/C26H32N4O6S/c31-22-17-30(37(34,35)23-10-3-4-12-27-23)13-6-11-26(22)16-21(26)29-24(32)19(15-18-7-1-2-8-18)28-25(33)20-9-5-14-36-20/h3-5,9-10,12,14,18-19,21H,1-2,6-8,11,13,15-17H2,(H,28,33)(H,29,32). The summed E-state index contributed by atoms with van der Waals surface area (Å²) in [4.78, 5) is 43.2. The molecule has 1 spiro atoms. The van der Waals surface area contributed by atoms with E-state index in [1.807, 2.05) is 0 Å². The summed E-state index contributed by atoms with van der Waals surface area (Å²) >= 11 is 0. The number of amides is 2. The lowest BCUT2D eigenvalue weighted by Gasteiger charge is -2.22. The first kappa shape index (κ1) is 25.6. The number of hydrogen-bond donors (Lipinski definition) is 2. The van der Waals surface area contributed by atoms with Gasteiger partial charge in [-0.3, -0.25) is 14.4 Å². The second-order valence-corrected chi connectivity index (χ2v) is 12.2. The summed E-state index contributed by atoms with van der Waals surface area (Å²) in [6.45, 7) is -0.0252. The molecule has 2 amide bonds. The van der Waals surface area contributed by atoms with Crippen molar-refractivity contribution in [1.29, 1.82) is 0 Å². The van der Waals surface area contributed by atoms with E-state index in [-0.39, 0.29) is 41.6 Å². The number of carbonyl (C=O) groups is 3. The molecule has 3 fully saturated rings. The summed E-state index contributed by atoms with van der Waals surface area (Å²) in [5.74, 6) is -0.467. The van der Waals surface area contributed by atoms with Crippen LogP contribution in [0.3, 0.4) is 0 Å². The largest absolute Gasteiger partial charge is 0.459 e. The van der Waals surface area contributed by atoms with E-state index in [4.69, 9.17) is 4.42 Å². The highest BCUT2D eigenvalue weighted by Gasteiger charge is 2.61. The van der Waals surface area contributed by atoms with Crippen molar-refractivity contribution in [3.63, 3.8) is 0 Å². The van der Waals surface area contributed by atoms with Crippen LogP contribution in [0.2, 0.25) is 0 Å². The maximum Gasteiger partial charge on any atom is 0.287 e. The summed E-state index contributed by atoms with van der Waals surface area (Å²) in [5.41, 5.74) is -0.771. The Morgan fingerprint density at radius 2 is 1.97 bits per heavy atom. The minimum Gasteiger partial charge on any atom is -0.459 e. The lowest BCUT2D eigenvalue weighted by molar-refractivity contribution is -0.125. The molecule has 37 heavy (non-hydrogen) atoms. The van der Waals surface area contributed by atoms with E-state index in [9.17, 15) is 22.8 Å². The van der Waals surface area contributed by atoms with Crippen LogP contribution in [0.5, 0.6) is 0 Å². The van der Waals surface area contributed by atoms with E-state index < -0.39 is 27.4 Å². The third-order valence-electron chi connectivity index (χ3n) is 7.95. The number of hydrogen-bond acceptors (Lipinski definition) is 7. The number of sulfonamides is 1. The van der Waals surface area contributed by atoms with Crippen LogP contribution < -0.4 is 10.6 Å². The molecule has 10 nitrogen and oxygen atoms in total. The van der Waals surface area contributed by atoms with E-state index in [1.165, 1.54) is 22.8 Å². The van der Waals surface area contributed by atoms with Crippen molar-refractivity contribution in [2.75, 3.05) is 13.1 Å². The predicted octanol–water partition coefficient (Wildman–Crippen LogP) is 2.28. The molecule has 2 aliphatic carbocycles. The van der Waals surface area contributed by atoms with Gasteiger partial charge in [-0.1, -0.05) is 31.7 Å². The summed E-state index contributed by atoms with van der Waals surface area (Å²) in [6, 6.07) is 6.70. The van der Waals surface area contributed by atoms with Crippen LogP contribution in [-0.4, -0.2) is 60.5 Å². The molecule has 3 atom stereocenters. The molecule has 11 heteroatoms. The summed E-state index contributed by atoms with van der Waals surface area (Å²) in [5, 5.41) is 5.73. The minimum atomic E-state index is -3.89. The molecule has 0 aromatic carbocycles. The zero-order valence-electron chi connectivity index (χ0n) is 20.6. The molecular weight excluding hydrogens is 496 g/mol.